The van der Waals surface area contributed by atoms with Crippen LogP contribution in [0.2, 0.25) is 0 Å². The standard InChI is InChI=1S/C22H32N4O6/c1-15-17(14-29-3)18(24-31-15)20(27)26-9-6-22(7-10-26,8-13-28-2)21-23-19(32-25-21)16-4-11-30-12-5-16/h16H,4-14H2,1-3H3. The van der Waals surface area contributed by atoms with Gasteiger partial charge in [-0.25, -0.2) is 0 Å². The molecule has 10 heteroatoms. The maximum Gasteiger partial charge on any atom is 0.276 e. The first-order valence-corrected chi connectivity index (χ1v) is 11.2. The van der Waals surface area contributed by atoms with E-state index in [1.807, 2.05) is 4.90 Å². The molecule has 176 valence electrons. The Hall–Kier alpha value is -2.30. The van der Waals surface area contributed by atoms with Gasteiger partial charge in [0.05, 0.1) is 12.2 Å². The van der Waals surface area contributed by atoms with Crippen molar-refractivity contribution in [2.24, 2.45) is 0 Å². The highest BCUT2D eigenvalue weighted by Crippen LogP contribution is 2.39. The number of ether oxygens (including phenoxy) is 3. The molecule has 10 nitrogen and oxygen atoms in total. The molecule has 2 aromatic rings. The van der Waals surface area contributed by atoms with Crippen LogP contribution in [-0.4, -0.2) is 73.2 Å². The van der Waals surface area contributed by atoms with Crippen LogP contribution in [0.1, 0.15) is 71.5 Å². The Bertz CT molecular complexity index is 896. The van der Waals surface area contributed by atoms with Gasteiger partial charge in [-0.3, -0.25) is 4.79 Å². The largest absolute Gasteiger partial charge is 0.385 e. The normalized spacial score (nSPS) is 19.4. The third-order valence-corrected chi connectivity index (χ3v) is 6.76. The maximum atomic E-state index is 13.1. The first-order valence-electron chi connectivity index (χ1n) is 11.2. The van der Waals surface area contributed by atoms with E-state index in [0.29, 0.717) is 49.2 Å². The number of likely N-dealkylation sites (tertiary alicyclic amines) is 1. The summed E-state index contributed by atoms with van der Waals surface area (Å²) in [6, 6.07) is 0. The van der Waals surface area contributed by atoms with Gasteiger partial charge < -0.3 is 28.2 Å². The Morgan fingerprint density at radius 1 is 1.12 bits per heavy atom. The minimum absolute atomic E-state index is 0.134. The van der Waals surface area contributed by atoms with Crippen molar-refractivity contribution in [3.05, 3.63) is 28.7 Å². The van der Waals surface area contributed by atoms with Crippen molar-refractivity contribution in [2.75, 3.05) is 47.1 Å². The lowest BCUT2D eigenvalue weighted by molar-refractivity contribution is 0.0603. The molecule has 2 saturated heterocycles. The first-order chi connectivity index (χ1) is 15.6. The average molecular weight is 449 g/mol. The third kappa shape index (κ3) is 4.57. The summed E-state index contributed by atoms with van der Waals surface area (Å²) in [6.07, 6.45) is 4.03. The summed E-state index contributed by atoms with van der Waals surface area (Å²) in [7, 11) is 3.28. The summed E-state index contributed by atoms with van der Waals surface area (Å²) in [5, 5.41) is 8.37. The molecule has 2 fully saturated rings. The molecule has 2 aliphatic heterocycles. The second-order valence-electron chi connectivity index (χ2n) is 8.66. The number of nitrogens with zero attached hydrogens (tertiary/aromatic N) is 4. The summed E-state index contributed by atoms with van der Waals surface area (Å²) < 4.78 is 27.0. The molecule has 4 heterocycles. The van der Waals surface area contributed by atoms with E-state index in [2.05, 4.69) is 10.3 Å². The fourth-order valence-electron chi connectivity index (χ4n) is 4.60. The summed E-state index contributed by atoms with van der Waals surface area (Å²) in [5.74, 6) is 2.14. The second kappa shape index (κ2) is 10.1. The Balaban J connectivity index is 1.49. The van der Waals surface area contributed by atoms with E-state index in [4.69, 9.17) is 28.2 Å². The highest BCUT2D eigenvalue weighted by atomic mass is 16.5. The van der Waals surface area contributed by atoms with E-state index >= 15 is 0 Å². The van der Waals surface area contributed by atoms with Crippen molar-refractivity contribution in [3.8, 4) is 0 Å². The molecule has 0 spiro atoms. The van der Waals surface area contributed by atoms with E-state index in [0.717, 1.165) is 51.1 Å². The number of hydrogen-bond acceptors (Lipinski definition) is 9. The Morgan fingerprint density at radius 2 is 1.88 bits per heavy atom. The molecular weight excluding hydrogens is 416 g/mol. The molecule has 1 amide bonds. The van der Waals surface area contributed by atoms with E-state index < -0.39 is 0 Å². The molecule has 0 saturated carbocycles. The number of aryl methyl sites for hydroxylation is 1. The molecular formula is C22H32N4O6. The first kappa shape index (κ1) is 22.9. The lowest BCUT2D eigenvalue weighted by atomic mass is 9.75. The fraction of sp³-hybridized carbons (Fsp3) is 0.727. The zero-order valence-corrected chi connectivity index (χ0v) is 19.1. The number of aromatic nitrogens is 3. The minimum Gasteiger partial charge on any atom is -0.385 e. The average Bonchev–Trinajstić information content (AvgIpc) is 3.47. The maximum absolute atomic E-state index is 13.1. The van der Waals surface area contributed by atoms with Gasteiger partial charge in [0.15, 0.2) is 11.5 Å². The van der Waals surface area contributed by atoms with Crippen molar-refractivity contribution < 1.29 is 28.1 Å². The van der Waals surface area contributed by atoms with Gasteiger partial charge in [0, 0.05) is 58.5 Å². The predicted molar refractivity (Wildman–Crippen MR) is 112 cm³/mol. The van der Waals surface area contributed by atoms with Gasteiger partial charge in [-0.15, -0.1) is 0 Å². The summed E-state index contributed by atoms with van der Waals surface area (Å²) in [6.45, 7) is 5.26. The van der Waals surface area contributed by atoms with E-state index in [-0.39, 0.29) is 17.2 Å². The Kier molecular flexibility index (Phi) is 7.22. The third-order valence-electron chi connectivity index (χ3n) is 6.76. The number of piperidine rings is 1. The van der Waals surface area contributed by atoms with Gasteiger partial charge in [-0.2, -0.15) is 4.98 Å². The molecule has 2 aliphatic rings. The Labute approximate surface area is 187 Å². The number of rotatable bonds is 8. The number of carbonyl (C=O) groups is 1. The SMILES string of the molecule is COCCC1(c2noc(C3CCOCC3)n2)CCN(C(=O)c2noc(C)c2COC)CC1. The van der Waals surface area contributed by atoms with Crippen LogP contribution < -0.4 is 0 Å². The highest BCUT2D eigenvalue weighted by molar-refractivity contribution is 5.93. The van der Waals surface area contributed by atoms with Crippen LogP contribution in [0.25, 0.3) is 0 Å². The monoisotopic (exact) mass is 448 g/mol. The number of methoxy groups -OCH3 is 2. The lowest BCUT2D eigenvalue weighted by Gasteiger charge is -2.39. The van der Waals surface area contributed by atoms with Gasteiger partial charge in [-0.1, -0.05) is 10.3 Å². The molecule has 4 rings (SSSR count). The van der Waals surface area contributed by atoms with Crippen molar-refractivity contribution >= 4 is 5.91 Å². The smallest absolute Gasteiger partial charge is 0.276 e. The number of hydrogen-bond donors (Lipinski definition) is 0. The minimum atomic E-state index is -0.283. The Morgan fingerprint density at radius 3 is 2.56 bits per heavy atom. The zero-order chi connectivity index (χ0) is 22.6. The highest BCUT2D eigenvalue weighted by Gasteiger charge is 2.42. The van der Waals surface area contributed by atoms with Crippen LogP contribution in [0.15, 0.2) is 9.05 Å². The van der Waals surface area contributed by atoms with Crippen molar-refractivity contribution in [1.82, 2.24) is 20.2 Å². The van der Waals surface area contributed by atoms with E-state index in [9.17, 15) is 4.79 Å². The van der Waals surface area contributed by atoms with Crippen LogP contribution >= 0.6 is 0 Å². The number of carbonyl (C=O) groups excluding carboxylic acids is 1. The summed E-state index contributed by atoms with van der Waals surface area (Å²) >= 11 is 0. The van der Waals surface area contributed by atoms with Crippen LogP contribution in [0, 0.1) is 6.92 Å². The molecule has 0 aromatic carbocycles. The topological polar surface area (TPSA) is 113 Å². The summed E-state index contributed by atoms with van der Waals surface area (Å²) in [4.78, 5) is 19.8. The van der Waals surface area contributed by atoms with E-state index in [1.165, 1.54) is 0 Å². The lowest BCUT2D eigenvalue weighted by Crippen LogP contribution is -2.46. The van der Waals surface area contributed by atoms with Crippen LogP contribution in [0.5, 0.6) is 0 Å². The van der Waals surface area contributed by atoms with Crippen LogP contribution in [-0.2, 0) is 26.2 Å². The molecule has 0 bridgehead atoms. The second-order valence-corrected chi connectivity index (χ2v) is 8.66. The molecule has 0 N–H and O–H groups in total. The molecule has 2 aromatic heterocycles. The van der Waals surface area contributed by atoms with Crippen molar-refractivity contribution in [3.63, 3.8) is 0 Å². The van der Waals surface area contributed by atoms with Crippen molar-refractivity contribution in [1.29, 1.82) is 0 Å². The summed E-state index contributed by atoms with van der Waals surface area (Å²) in [5.41, 5.74) is 0.748. The molecule has 0 radical (unpaired) electrons. The van der Waals surface area contributed by atoms with Crippen LogP contribution in [0.3, 0.4) is 0 Å². The molecule has 0 unspecified atom stereocenters. The predicted octanol–water partition coefficient (Wildman–Crippen LogP) is 2.62. The van der Waals surface area contributed by atoms with Gasteiger partial charge in [0.1, 0.15) is 5.76 Å². The molecule has 32 heavy (non-hydrogen) atoms. The fourth-order valence-corrected chi connectivity index (χ4v) is 4.60. The molecule has 0 aliphatic carbocycles. The van der Waals surface area contributed by atoms with Crippen molar-refractivity contribution in [2.45, 2.75) is 57.0 Å². The molecule has 0 atom stereocenters. The van der Waals surface area contributed by atoms with E-state index in [1.54, 1.807) is 21.1 Å². The van der Waals surface area contributed by atoms with Gasteiger partial charge in [-0.05, 0) is 39.0 Å². The quantitative estimate of drug-likeness (QED) is 0.601. The zero-order valence-electron chi connectivity index (χ0n) is 19.1. The van der Waals surface area contributed by atoms with Gasteiger partial charge in [0.25, 0.3) is 5.91 Å². The van der Waals surface area contributed by atoms with Crippen LogP contribution in [0.4, 0.5) is 0 Å². The van der Waals surface area contributed by atoms with Gasteiger partial charge >= 0.3 is 0 Å². The van der Waals surface area contributed by atoms with Gasteiger partial charge in [0.2, 0.25) is 5.89 Å². The number of amides is 1.